The van der Waals surface area contributed by atoms with Crippen molar-refractivity contribution in [2.24, 2.45) is 0 Å². The first-order valence-corrected chi connectivity index (χ1v) is 14.0. The Balaban J connectivity index is 1.65. The van der Waals surface area contributed by atoms with E-state index in [1.165, 1.54) is 22.5 Å². The van der Waals surface area contributed by atoms with Crippen molar-refractivity contribution in [2.75, 3.05) is 13.1 Å². The number of esters is 1. The Kier molecular flexibility index (Phi) is 9.99. The third-order valence-electron chi connectivity index (χ3n) is 5.15. The molecule has 0 radical (unpaired) electrons. The van der Waals surface area contributed by atoms with Crippen LogP contribution in [-0.2, 0) is 26.2 Å². The maximum absolute atomic E-state index is 12.6. The van der Waals surface area contributed by atoms with E-state index in [1.54, 1.807) is 62.4 Å². The van der Waals surface area contributed by atoms with Crippen molar-refractivity contribution in [1.82, 2.24) is 4.31 Å². The lowest BCUT2D eigenvalue weighted by Gasteiger charge is -2.18. The molecule has 0 fully saturated rings. The molecule has 0 aliphatic heterocycles. The van der Waals surface area contributed by atoms with Gasteiger partial charge in [-0.2, -0.15) is 4.31 Å². The third-order valence-corrected chi connectivity index (χ3v) is 8.45. The predicted octanol–water partition coefficient (Wildman–Crippen LogP) is 7.34. The van der Waals surface area contributed by atoms with Gasteiger partial charge in [0, 0.05) is 35.3 Å². The molecule has 0 aliphatic carbocycles. The van der Waals surface area contributed by atoms with Crippen molar-refractivity contribution in [3.8, 4) is 11.5 Å². The first-order chi connectivity index (χ1) is 17.1. The minimum absolute atomic E-state index is 0.0197. The molecule has 0 amide bonds. The first-order valence-electron chi connectivity index (χ1n) is 11.0. The van der Waals surface area contributed by atoms with Gasteiger partial charge in [0.25, 0.3) is 0 Å². The number of rotatable bonds is 10. The SMILES string of the molecule is CCN(CC)S(=O)(=O)c1ccc(/C=C/C(=O)OCc2ccc(Br)cc2Oc2ccc(Cl)c(Cl)c2)cc1. The summed E-state index contributed by atoms with van der Waals surface area (Å²) >= 11 is 15.4. The highest BCUT2D eigenvalue weighted by atomic mass is 79.9. The van der Waals surface area contributed by atoms with Crippen molar-refractivity contribution in [3.05, 3.63) is 92.4 Å². The Bertz CT molecular complexity index is 1360. The van der Waals surface area contributed by atoms with Crippen LogP contribution in [0.2, 0.25) is 10.0 Å². The Morgan fingerprint density at radius 1 is 0.972 bits per heavy atom. The number of hydrogen-bond acceptors (Lipinski definition) is 5. The van der Waals surface area contributed by atoms with Crippen LogP contribution in [0.25, 0.3) is 6.08 Å². The zero-order valence-corrected chi connectivity index (χ0v) is 23.5. The van der Waals surface area contributed by atoms with Crippen LogP contribution in [0.1, 0.15) is 25.0 Å². The molecule has 190 valence electrons. The van der Waals surface area contributed by atoms with Crippen molar-refractivity contribution in [2.45, 2.75) is 25.3 Å². The van der Waals surface area contributed by atoms with Gasteiger partial charge in [-0.15, -0.1) is 0 Å². The summed E-state index contributed by atoms with van der Waals surface area (Å²) in [5.74, 6) is 0.421. The second-order valence-electron chi connectivity index (χ2n) is 7.53. The number of benzene rings is 3. The fraction of sp³-hybridized carbons (Fsp3) is 0.192. The molecular formula is C26H24BrCl2NO5S. The van der Waals surface area contributed by atoms with Crippen molar-refractivity contribution >= 4 is 61.2 Å². The third kappa shape index (κ3) is 7.33. The van der Waals surface area contributed by atoms with Crippen molar-refractivity contribution in [3.63, 3.8) is 0 Å². The second kappa shape index (κ2) is 12.7. The Hall–Kier alpha value is -2.36. The van der Waals surface area contributed by atoms with Crippen LogP contribution in [0, 0.1) is 0 Å². The summed E-state index contributed by atoms with van der Waals surface area (Å²) in [4.78, 5) is 12.5. The van der Waals surface area contributed by atoms with Gasteiger partial charge in [0.2, 0.25) is 10.0 Å². The molecule has 6 nitrogen and oxygen atoms in total. The molecule has 0 bridgehead atoms. The van der Waals surface area contributed by atoms with Gasteiger partial charge in [0.15, 0.2) is 0 Å². The second-order valence-corrected chi connectivity index (χ2v) is 11.2. The highest BCUT2D eigenvalue weighted by molar-refractivity contribution is 9.10. The van der Waals surface area contributed by atoms with Crippen molar-refractivity contribution < 1.29 is 22.7 Å². The van der Waals surface area contributed by atoms with Gasteiger partial charge in [-0.05, 0) is 48.0 Å². The summed E-state index contributed by atoms with van der Waals surface area (Å²) in [6.07, 6.45) is 2.84. The van der Waals surface area contributed by atoms with Crippen LogP contribution in [0.3, 0.4) is 0 Å². The van der Waals surface area contributed by atoms with Crippen LogP contribution in [0.5, 0.6) is 11.5 Å². The fourth-order valence-corrected chi connectivity index (χ4v) is 5.32. The highest BCUT2D eigenvalue weighted by Gasteiger charge is 2.21. The number of halogens is 3. The predicted molar refractivity (Wildman–Crippen MR) is 146 cm³/mol. The van der Waals surface area contributed by atoms with Crippen LogP contribution in [-0.4, -0.2) is 31.8 Å². The van der Waals surface area contributed by atoms with Gasteiger partial charge < -0.3 is 9.47 Å². The lowest BCUT2D eigenvalue weighted by atomic mass is 10.2. The van der Waals surface area contributed by atoms with E-state index in [2.05, 4.69) is 15.9 Å². The number of carbonyl (C=O) groups is 1. The maximum atomic E-state index is 12.6. The summed E-state index contributed by atoms with van der Waals surface area (Å²) in [7, 11) is -3.53. The smallest absolute Gasteiger partial charge is 0.331 e. The van der Waals surface area contributed by atoms with E-state index in [4.69, 9.17) is 32.7 Å². The average Bonchev–Trinajstić information content (AvgIpc) is 2.85. The number of nitrogens with zero attached hydrogens (tertiary/aromatic N) is 1. The zero-order valence-electron chi connectivity index (χ0n) is 19.6. The Morgan fingerprint density at radius 3 is 2.31 bits per heavy atom. The standard InChI is InChI=1S/C26H24BrCl2NO5S/c1-3-30(4-2)36(32,33)22-11-5-18(6-12-22)7-14-26(31)34-17-19-8-9-20(27)15-25(19)35-21-10-13-23(28)24(29)16-21/h5-16H,3-4,17H2,1-2H3/b14-7+. The lowest BCUT2D eigenvalue weighted by Crippen LogP contribution is -2.30. The van der Waals surface area contributed by atoms with Gasteiger partial charge in [-0.1, -0.05) is 71.2 Å². The monoisotopic (exact) mass is 611 g/mol. The summed E-state index contributed by atoms with van der Waals surface area (Å²) in [5.41, 5.74) is 1.31. The fourth-order valence-electron chi connectivity index (χ4n) is 3.23. The molecule has 0 saturated heterocycles. The Morgan fingerprint density at radius 2 is 1.67 bits per heavy atom. The van der Waals surface area contributed by atoms with E-state index in [1.807, 2.05) is 6.07 Å². The van der Waals surface area contributed by atoms with Crippen LogP contribution in [0.15, 0.2) is 76.1 Å². The summed E-state index contributed by atoms with van der Waals surface area (Å²) in [6, 6.07) is 16.6. The average molecular weight is 613 g/mol. The topological polar surface area (TPSA) is 72.9 Å². The van der Waals surface area contributed by atoms with E-state index in [9.17, 15) is 13.2 Å². The largest absolute Gasteiger partial charge is 0.458 e. The van der Waals surface area contributed by atoms with E-state index in [-0.39, 0.29) is 11.5 Å². The number of carbonyl (C=O) groups excluding carboxylic acids is 1. The van der Waals surface area contributed by atoms with Crippen molar-refractivity contribution in [1.29, 1.82) is 0 Å². The summed E-state index contributed by atoms with van der Waals surface area (Å²) < 4.78 is 38.7. The summed E-state index contributed by atoms with van der Waals surface area (Å²) in [6.45, 7) is 4.35. The first kappa shape index (κ1) is 28.2. The zero-order chi connectivity index (χ0) is 26.3. The molecule has 36 heavy (non-hydrogen) atoms. The lowest BCUT2D eigenvalue weighted by molar-refractivity contribution is -0.138. The number of sulfonamides is 1. The molecule has 3 aromatic carbocycles. The number of ether oxygens (including phenoxy) is 2. The van der Waals surface area contributed by atoms with Gasteiger partial charge in [-0.3, -0.25) is 0 Å². The molecule has 0 saturated carbocycles. The molecule has 3 rings (SSSR count). The van der Waals surface area contributed by atoms with Gasteiger partial charge in [0.05, 0.1) is 14.9 Å². The van der Waals surface area contributed by atoms with Crippen LogP contribution in [0.4, 0.5) is 0 Å². The molecule has 10 heteroatoms. The van der Waals surface area contributed by atoms with Crippen LogP contribution >= 0.6 is 39.1 Å². The van der Waals surface area contributed by atoms with E-state index >= 15 is 0 Å². The molecule has 0 atom stereocenters. The maximum Gasteiger partial charge on any atom is 0.331 e. The molecule has 0 unspecified atom stereocenters. The molecule has 0 aliphatic rings. The molecule has 0 spiro atoms. The van der Waals surface area contributed by atoms with E-state index in [0.717, 1.165) is 4.47 Å². The van der Waals surface area contributed by atoms with Gasteiger partial charge in [-0.25, -0.2) is 13.2 Å². The quantitative estimate of drug-likeness (QED) is 0.177. The highest BCUT2D eigenvalue weighted by Crippen LogP contribution is 2.33. The molecule has 0 aromatic heterocycles. The van der Waals surface area contributed by atoms with E-state index in [0.29, 0.717) is 45.8 Å². The Labute approximate surface area is 229 Å². The molecule has 0 N–H and O–H groups in total. The van der Waals surface area contributed by atoms with Gasteiger partial charge in [0.1, 0.15) is 18.1 Å². The molecular weight excluding hydrogens is 589 g/mol. The normalized spacial score (nSPS) is 11.7. The molecule has 0 heterocycles. The van der Waals surface area contributed by atoms with E-state index < -0.39 is 16.0 Å². The summed E-state index contributed by atoms with van der Waals surface area (Å²) in [5, 5.41) is 0.778. The van der Waals surface area contributed by atoms with Gasteiger partial charge >= 0.3 is 5.97 Å². The molecule has 3 aromatic rings. The van der Waals surface area contributed by atoms with Crippen LogP contribution < -0.4 is 4.74 Å². The minimum atomic E-state index is -3.53. The number of hydrogen-bond donors (Lipinski definition) is 0. The minimum Gasteiger partial charge on any atom is -0.458 e.